The van der Waals surface area contributed by atoms with Crippen LogP contribution in [0.1, 0.15) is 33.3 Å². The standard InChI is InChI=1S/C18H31NO4.C4H4O4/c1-14(2)19-11-18(12-20)23-17-7-5-16(6-8-17)13-21-9-10-22-15(3)4;5-3(6)1-2-4(7)8/h5-8,14-15,18-20H,9-13H2,1-4H3;1-2H,(H,5,6)(H,7,8)/b;2-1+/t18-;/m1./s1. The van der Waals surface area contributed by atoms with E-state index < -0.39 is 11.9 Å². The second-order valence-corrected chi connectivity index (χ2v) is 7.11. The van der Waals surface area contributed by atoms with Crippen molar-refractivity contribution in [3.05, 3.63) is 42.0 Å². The highest BCUT2D eigenvalue weighted by Crippen LogP contribution is 2.14. The SMILES string of the molecule is CC(C)NC[C@H](CO)Oc1ccc(COCCOC(C)C)cc1.O=C(O)/C=C/C(=O)O. The Hall–Kier alpha value is -2.46. The van der Waals surface area contributed by atoms with Crippen molar-refractivity contribution in [2.45, 2.75) is 52.6 Å². The summed E-state index contributed by atoms with van der Waals surface area (Å²) < 4.78 is 16.7. The summed E-state index contributed by atoms with van der Waals surface area (Å²) in [6.07, 6.45) is 1.11. The number of hydrogen-bond donors (Lipinski definition) is 4. The molecule has 0 spiro atoms. The van der Waals surface area contributed by atoms with Crippen molar-refractivity contribution in [1.82, 2.24) is 5.32 Å². The van der Waals surface area contributed by atoms with Crippen molar-refractivity contribution in [2.24, 2.45) is 0 Å². The number of aliphatic carboxylic acids is 2. The second kappa shape index (κ2) is 17.2. The molecule has 0 aliphatic heterocycles. The van der Waals surface area contributed by atoms with Crippen molar-refractivity contribution >= 4 is 11.9 Å². The van der Waals surface area contributed by atoms with Crippen LogP contribution in [0, 0.1) is 0 Å². The highest BCUT2D eigenvalue weighted by molar-refractivity contribution is 5.89. The third-order valence-electron chi connectivity index (χ3n) is 3.50. The normalized spacial score (nSPS) is 12.0. The molecular formula is C22H35NO8. The van der Waals surface area contributed by atoms with Gasteiger partial charge in [-0.3, -0.25) is 0 Å². The lowest BCUT2D eigenvalue weighted by molar-refractivity contribution is -0.134. The van der Waals surface area contributed by atoms with Crippen LogP contribution in [0.15, 0.2) is 36.4 Å². The van der Waals surface area contributed by atoms with Crippen LogP contribution in [0.25, 0.3) is 0 Å². The number of aliphatic hydroxyl groups excluding tert-OH is 1. The molecule has 176 valence electrons. The number of carbonyl (C=O) groups is 2. The number of aliphatic hydroxyl groups is 1. The lowest BCUT2D eigenvalue weighted by Gasteiger charge is -2.19. The maximum atomic E-state index is 9.55. The van der Waals surface area contributed by atoms with E-state index in [1.165, 1.54) is 0 Å². The van der Waals surface area contributed by atoms with E-state index in [1.54, 1.807) is 0 Å². The molecule has 0 saturated heterocycles. The van der Waals surface area contributed by atoms with Crippen LogP contribution < -0.4 is 10.1 Å². The van der Waals surface area contributed by atoms with Crippen molar-refractivity contribution in [3.63, 3.8) is 0 Å². The molecule has 1 aromatic rings. The van der Waals surface area contributed by atoms with Gasteiger partial charge in [-0.1, -0.05) is 26.0 Å². The molecule has 0 aromatic heterocycles. The van der Waals surface area contributed by atoms with Crippen molar-refractivity contribution in [1.29, 1.82) is 0 Å². The smallest absolute Gasteiger partial charge is 0.328 e. The topological polar surface area (TPSA) is 135 Å². The summed E-state index contributed by atoms with van der Waals surface area (Å²) in [6.45, 7) is 10.5. The van der Waals surface area contributed by atoms with Crippen LogP contribution in [0.4, 0.5) is 0 Å². The zero-order chi connectivity index (χ0) is 23.6. The highest BCUT2D eigenvalue weighted by Gasteiger charge is 2.09. The van der Waals surface area contributed by atoms with Gasteiger partial charge in [-0.25, -0.2) is 9.59 Å². The summed E-state index contributed by atoms with van der Waals surface area (Å²) in [6, 6.07) is 8.13. The first kappa shape index (κ1) is 28.5. The van der Waals surface area contributed by atoms with Crippen LogP contribution in [0.5, 0.6) is 5.75 Å². The quantitative estimate of drug-likeness (QED) is 0.253. The van der Waals surface area contributed by atoms with Gasteiger partial charge in [0, 0.05) is 24.7 Å². The zero-order valence-corrected chi connectivity index (χ0v) is 18.6. The average molecular weight is 442 g/mol. The van der Waals surface area contributed by atoms with E-state index in [2.05, 4.69) is 19.2 Å². The number of carboxylic acids is 2. The van der Waals surface area contributed by atoms with E-state index in [1.807, 2.05) is 38.1 Å². The fourth-order valence-electron chi connectivity index (χ4n) is 2.04. The molecule has 1 rings (SSSR count). The summed E-state index contributed by atoms with van der Waals surface area (Å²) >= 11 is 0. The summed E-state index contributed by atoms with van der Waals surface area (Å²) in [5, 5.41) is 28.2. The Morgan fingerprint density at radius 3 is 2.03 bits per heavy atom. The first-order valence-corrected chi connectivity index (χ1v) is 10.1. The van der Waals surface area contributed by atoms with E-state index in [-0.39, 0.29) is 18.8 Å². The highest BCUT2D eigenvalue weighted by atomic mass is 16.5. The number of ether oxygens (including phenoxy) is 3. The lowest BCUT2D eigenvalue weighted by atomic mass is 10.2. The van der Waals surface area contributed by atoms with Crippen LogP contribution in [-0.2, 0) is 25.7 Å². The van der Waals surface area contributed by atoms with Gasteiger partial charge >= 0.3 is 11.9 Å². The van der Waals surface area contributed by atoms with Crippen LogP contribution in [0.3, 0.4) is 0 Å². The Bertz CT molecular complexity index is 627. The number of nitrogens with one attached hydrogen (secondary N) is 1. The molecule has 1 aromatic carbocycles. The van der Waals surface area contributed by atoms with Crippen LogP contribution in [-0.4, -0.2) is 71.9 Å². The molecule has 0 radical (unpaired) electrons. The van der Waals surface area contributed by atoms with Gasteiger partial charge in [0.1, 0.15) is 11.9 Å². The fourth-order valence-corrected chi connectivity index (χ4v) is 2.04. The van der Waals surface area contributed by atoms with Gasteiger partial charge in [0.15, 0.2) is 0 Å². The van der Waals surface area contributed by atoms with E-state index in [9.17, 15) is 14.7 Å². The van der Waals surface area contributed by atoms with Gasteiger partial charge in [0.05, 0.1) is 32.5 Å². The maximum Gasteiger partial charge on any atom is 0.328 e. The Balaban J connectivity index is 0.000000954. The van der Waals surface area contributed by atoms with Gasteiger partial charge in [0.2, 0.25) is 0 Å². The molecule has 0 unspecified atom stereocenters. The minimum absolute atomic E-state index is 0.0135. The second-order valence-electron chi connectivity index (χ2n) is 7.11. The molecule has 0 aliphatic carbocycles. The van der Waals surface area contributed by atoms with Crippen molar-refractivity contribution in [3.8, 4) is 5.75 Å². The fraction of sp³-hybridized carbons (Fsp3) is 0.545. The zero-order valence-electron chi connectivity index (χ0n) is 18.6. The summed E-state index contributed by atoms with van der Waals surface area (Å²) in [5.74, 6) is -1.76. The third-order valence-corrected chi connectivity index (χ3v) is 3.50. The van der Waals surface area contributed by atoms with Gasteiger partial charge in [-0.2, -0.15) is 0 Å². The Labute approximate surface area is 183 Å². The van der Waals surface area contributed by atoms with E-state index in [0.29, 0.717) is 44.6 Å². The molecule has 0 bridgehead atoms. The number of carboxylic acid groups (broad SMARTS) is 2. The Kier molecular flexibility index (Phi) is 15.9. The number of hydrogen-bond acceptors (Lipinski definition) is 7. The lowest BCUT2D eigenvalue weighted by Crippen LogP contribution is -2.37. The van der Waals surface area contributed by atoms with Crippen molar-refractivity contribution in [2.75, 3.05) is 26.4 Å². The predicted octanol–water partition coefficient (Wildman–Crippen LogP) is 2.08. The molecular weight excluding hydrogens is 406 g/mol. The maximum absolute atomic E-state index is 9.55. The first-order chi connectivity index (χ1) is 14.6. The molecule has 0 amide bonds. The number of rotatable bonds is 14. The molecule has 0 fully saturated rings. The van der Waals surface area contributed by atoms with Gasteiger partial charge in [-0.05, 0) is 31.5 Å². The molecule has 31 heavy (non-hydrogen) atoms. The minimum atomic E-state index is -1.26. The molecule has 9 nitrogen and oxygen atoms in total. The van der Waals surface area contributed by atoms with E-state index >= 15 is 0 Å². The average Bonchev–Trinajstić information content (AvgIpc) is 2.70. The van der Waals surface area contributed by atoms with Gasteiger partial charge < -0.3 is 34.8 Å². The van der Waals surface area contributed by atoms with Crippen LogP contribution >= 0.6 is 0 Å². The van der Waals surface area contributed by atoms with Gasteiger partial charge in [-0.15, -0.1) is 0 Å². The monoisotopic (exact) mass is 441 g/mol. The van der Waals surface area contributed by atoms with E-state index in [0.717, 1.165) is 11.3 Å². The Morgan fingerprint density at radius 1 is 1.00 bits per heavy atom. The van der Waals surface area contributed by atoms with Crippen LogP contribution in [0.2, 0.25) is 0 Å². The molecule has 0 aliphatic rings. The molecule has 1 atom stereocenters. The molecule has 4 N–H and O–H groups in total. The number of benzene rings is 1. The largest absolute Gasteiger partial charge is 0.487 e. The van der Waals surface area contributed by atoms with Crippen molar-refractivity contribution < 1.29 is 39.1 Å². The van der Waals surface area contributed by atoms with E-state index in [4.69, 9.17) is 24.4 Å². The predicted molar refractivity (Wildman–Crippen MR) is 116 cm³/mol. The summed E-state index contributed by atoms with van der Waals surface area (Å²) in [7, 11) is 0. The minimum Gasteiger partial charge on any atom is -0.487 e. The molecule has 0 heterocycles. The Morgan fingerprint density at radius 2 is 1.58 bits per heavy atom. The summed E-state index contributed by atoms with van der Waals surface area (Å²) in [4.78, 5) is 19.1. The molecule has 9 heteroatoms. The van der Waals surface area contributed by atoms with Gasteiger partial charge in [0.25, 0.3) is 0 Å². The first-order valence-electron chi connectivity index (χ1n) is 10.1. The third kappa shape index (κ3) is 18.1. The molecule has 0 saturated carbocycles. The summed E-state index contributed by atoms with van der Waals surface area (Å²) in [5.41, 5.74) is 1.09.